The summed E-state index contributed by atoms with van der Waals surface area (Å²) in [6, 6.07) is 0. The molecule has 0 spiro atoms. The van der Waals surface area contributed by atoms with Crippen LogP contribution < -0.4 is 5.32 Å². The second kappa shape index (κ2) is 6.41. The van der Waals surface area contributed by atoms with Gasteiger partial charge in [-0.05, 0) is 53.2 Å². The van der Waals surface area contributed by atoms with Gasteiger partial charge < -0.3 is 10.2 Å². The number of hydrogen-bond acceptors (Lipinski definition) is 2. The van der Waals surface area contributed by atoms with Crippen molar-refractivity contribution in [2.75, 3.05) is 27.2 Å². The third-order valence-electron chi connectivity index (χ3n) is 3.29. The highest BCUT2D eigenvalue weighted by Crippen LogP contribution is 2.25. The number of nitrogens with one attached hydrogen (secondary N) is 1. The van der Waals surface area contributed by atoms with Crippen LogP contribution in [0.4, 0.5) is 0 Å². The van der Waals surface area contributed by atoms with Gasteiger partial charge in [0.2, 0.25) is 0 Å². The Kier molecular flexibility index (Phi) is 6.38. The van der Waals surface area contributed by atoms with E-state index in [1.807, 2.05) is 13.8 Å². The highest BCUT2D eigenvalue weighted by atomic mass is 15.1. The van der Waals surface area contributed by atoms with E-state index in [0.29, 0.717) is 5.54 Å². The predicted octanol–water partition coefficient (Wildman–Crippen LogP) is 2.35. The number of piperidine rings is 1. The molecular weight excluding hydrogens is 172 g/mol. The van der Waals surface area contributed by atoms with Crippen molar-refractivity contribution in [3.8, 4) is 0 Å². The minimum Gasteiger partial charge on any atom is -0.314 e. The number of likely N-dealkylation sites (tertiary alicyclic amines) is 1. The van der Waals surface area contributed by atoms with Gasteiger partial charge in [-0.25, -0.2) is 0 Å². The Balaban J connectivity index is 0.000000791. The summed E-state index contributed by atoms with van der Waals surface area (Å²) in [5.41, 5.74) is 0.300. The number of rotatable bonds is 2. The molecule has 1 aliphatic heterocycles. The maximum absolute atomic E-state index is 3.40. The Bertz CT molecular complexity index is 143. The summed E-state index contributed by atoms with van der Waals surface area (Å²) in [4.78, 5) is 2.44. The molecule has 0 radical (unpaired) electrons. The largest absolute Gasteiger partial charge is 0.314 e. The SMILES string of the molecule is CC.CNC(C)(C)C1CCCN(C)C1. The highest BCUT2D eigenvalue weighted by Gasteiger charge is 2.30. The zero-order chi connectivity index (χ0) is 11.2. The van der Waals surface area contributed by atoms with Crippen molar-refractivity contribution in [2.24, 2.45) is 5.92 Å². The zero-order valence-corrected chi connectivity index (χ0v) is 10.9. The van der Waals surface area contributed by atoms with Crippen molar-refractivity contribution in [1.29, 1.82) is 0 Å². The third-order valence-corrected chi connectivity index (χ3v) is 3.29. The van der Waals surface area contributed by atoms with E-state index in [0.717, 1.165) is 5.92 Å². The minimum atomic E-state index is 0.300. The summed E-state index contributed by atoms with van der Waals surface area (Å²) in [5, 5.41) is 3.40. The van der Waals surface area contributed by atoms with Crippen molar-refractivity contribution in [3.63, 3.8) is 0 Å². The van der Waals surface area contributed by atoms with Crippen molar-refractivity contribution < 1.29 is 0 Å². The van der Waals surface area contributed by atoms with Crippen LogP contribution in [0.5, 0.6) is 0 Å². The summed E-state index contributed by atoms with van der Waals surface area (Å²) in [5.74, 6) is 0.807. The predicted molar refractivity (Wildman–Crippen MR) is 64.7 cm³/mol. The van der Waals surface area contributed by atoms with Crippen molar-refractivity contribution in [3.05, 3.63) is 0 Å². The summed E-state index contributed by atoms with van der Waals surface area (Å²) < 4.78 is 0. The van der Waals surface area contributed by atoms with E-state index in [4.69, 9.17) is 0 Å². The van der Waals surface area contributed by atoms with E-state index >= 15 is 0 Å². The second-order valence-corrected chi connectivity index (χ2v) is 4.57. The number of nitrogens with zero attached hydrogens (tertiary/aromatic N) is 1. The molecule has 1 N–H and O–H groups in total. The molecule has 0 saturated carbocycles. The maximum atomic E-state index is 3.40. The van der Waals surface area contributed by atoms with Crippen LogP contribution in [-0.4, -0.2) is 37.6 Å². The molecule has 14 heavy (non-hydrogen) atoms. The van der Waals surface area contributed by atoms with Gasteiger partial charge in [0.05, 0.1) is 0 Å². The fourth-order valence-corrected chi connectivity index (χ4v) is 1.96. The molecule has 0 aliphatic carbocycles. The lowest BCUT2D eigenvalue weighted by molar-refractivity contribution is 0.137. The van der Waals surface area contributed by atoms with E-state index in [2.05, 4.69) is 38.2 Å². The fraction of sp³-hybridized carbons (Fsp3) is 1.00. The first-order valence-electron chi connectivity index (χ1n) is 5.93. The molecule has 1 unspecified atom stereocenters. The van der Waals surface area contributed by atoms with Crippen LogP contribution in [0.3, 0.4) is 0 Å². The van der Waals surface area contributed by atoms with Crippen LogP contribution in [0.25, 0.3) is 0 Å². The van der Waals surface area contributed by atoms with E-state index in [1.54, 1.807) is 0 Å². The Hall–Kier alpha value is -0.0800. The molecule has 86 valence electrons. The van der Waals surface area contributed by atoms with Gasteiger partial charge in [0.1, 0.15) is 0 Å². The Morgan fingerprint density at radius 1 is 1.29 bits per heavy atom. The topological polar surface area (TPSA) is 15.3 Å². The second-order valence-electron chi connectivity index (χ2n) is 4.57. The average Bonchev–Trinajstić information content (AvgIpc) is 2.21. The van der Waals surface area contributed by atoms with Crippen molar-refractivity contribution in [1.82, 2.24) is 10.2 Å². The summed E-state index contributed by atoms with van der Waals surface area (Å²) in [6.45, 7) is 11.1. The van der Waals surface area contributed by atoms with Gasteiger partial charge in [0.25, 0.3) is 0 Å². The quantitative estimate of drug-likeness (QED) is 0.736. The normalized spacial score (nSPS) is 24.0. The molecule has 2 nitrogen and oxygen atoms in total. The first-order valence-corrected chi connectivity index (χ1v) is 5.93. The van der Waals surface area contributed by atoms with Crippen LogP contribution in [-0.2, 0) is 0 Å². The molecule has 1 aliphatic rings. The van der Waals surface area contributed by atoms with Crippen molar-refractivity contribution in [2.45, 2.75) is 46.1 Å². The summed E-state index contributed by atoms with van der Waals surface area (Å²) in [6.07, 6.45) is 2.73. The maximum Gasteiger partial charge on any atom is 0.0162 e. The molecule has 2 heteroatoms. The molecule has 1 heterocycles. The van der Waals surface area contributed by atoms with E-state index in [-0.39, 0.29) is 0 Å². The van der Waals surface area contributed by atoms with E-state index in [9.17, 15) is 0 Å². The van der Waals surface area contributed by atoms with Gasteiger partial charge in [0.15, 0.2) is 0 Å². The molecule has 0 bridgehead atoms. The zero-order valence-electron chi connectivity index (χ0n) is 10.9. The molecule has 0 aromatic carbocycles. The van der Waals surface area contributed by atoms with Gasteiger partial charge in [-0.1, -0.05) is 13.8 Å². The Morgan fingerprint density at radius 2 is 1.86 bits per heavy atom. The van der Waals surface area contributed by atoms with Gasteiger partial charge in [0, 0.05) is 12.1 Å². The molecule has 1 saturated heterocycles. The first kappa shape index (κ1) is 13.9. The van der Waals surface area contributed by atoms with E-state index in [1.165, 1.54) is 25.9 Å². The number of hydrogen-bond donors (Lipinski definition) is 1. The summed E-state index contributed by atoms with van der Waals surface area (Å²) in [7, 11) is 4.28. The lowest BCUT2D eigenvalue weighted by Gasteiger charge is -2.40. The monoisotopic (exact) mass is 200 g/mol. The average molecular weight is 200 g/mol. The van der Waals surface area contributed by atoms with Crippen LogP contribution >= 0.6 is 0 Å². The fourth-order valence-electron chi connectivity index (χ4n) is 1.96. The van der Waals surface area contributed by atoms with Crippen molar-refractivity contribution >= 4 is 0 Å². The molecular formula is C12H28N2. The third kappa shape index (κ3) is 3.97. The Labute approximate surface area is 90.1 Å². The minimum absolute atomic E-state index is 0.300. The molecule has 1 fully saturated rings. The van der Waals surface area contributed by atoms with Gasteiger partial charge in [-0.3, -0.25) is 0 Å². The van der Waals surface area contributed by atoms with Gasteiger partial charge in [-0.2, -0.15) is 0 Å². The smallest absolute Gasteiger partial charge is 0.0162 e. The molecule has 0 aromatic heterocycles. The van der Waals surface area contributed by atoms with Crippen LogP contribution in [0.2, 0.25) is 0 Å². The molecule has 0 aromatic rings. The molecule has 0 amide bonds. The van der Waals surface area contributed by atoms with Crippen LogP contribution in [0, 0.1) is 5.92 Å². The Morgan fingerprint density at radius 3 is 2.29 bits per heavy atom. The van der Waals surface area contributed by atoms with Crippen LogP contribution in [0.15, 0.2) is 0 Å². The molecule has 1 rings (SSSR count). The van der Waals surface area contributed by atoms with Gasteiger partial charge >= 0.3 is 0 Å². The van der Waals surface area contributed by atoms with Gasteiger partial charge in [-0.15, -0.1) is 0 Å². The lowest BCUT2D eigenvalue weighted by Crippen LogP contribution is -2.50. The van der Waals surface area contributed by atoms with Crippen LogP contribution in [0.1, 0.15) is 40.5 Å². The lowest BCUT2D eigenvalue weighted by atomic mass is 9.82. The van der Waals surface area contributed by atoms with E-state index < -0.39 is 0 Å². The summed E-state index contributed by atoms with van der Waals surface area (Å²) >= 11 is 0. The highest BCUT2D eigenvalue weighted by molar-refractivity contribution is 4.88. The first-order chi connectivity index (χ1) is 6.56. The molecule has 1 atom stereocenters. The standard InChI is InChI=1S/C10H22N2.C2H6/c1-10(2,11-3)9-6-5-7-12(4)8-9;1-2/h9,11H,5-8H2,1-4H3;1-2H3.